The predicted molar refractivity (Wildman–Crippen MR) is 81.6 cm³/mol. The maximum atomic E-state index is 4.55. The third-order valence-corrected chi connectivity index (χ3v) is 3.97. The van der Waals surface area contributed by atoms with E-state index in [-0.39, 0.29) is 0 Å². The van der Waals surface area contributed by atoms with Gasteiger partial charge in [-0.2, -0.15) is 0 Å². The molecule has 2 rings (SSSR count). The lowest BCUT2D eigenvalue weighted by molar-refractivity contribution is 0.418. The highest BCUT2D eigenvalue weighted by atomic mass is 15.2. The summed E-state index contributed by atoms with van der Waals surface area (Å²) in [6.07, 6.45) is 4.37. The molecule has 0 amide bonds. The molecule has 0 radical (unpaired) electrons. The lowest BCUT2D eigenvalue weighted by Gasteiger charge is -2.22. The molecular weight excluding hydrogens is 234 g/mol. The van der Waals surface area contributed by atoms with Gasteiger partial charge in [0, 0.05) is 25.3 Å². The average molecular weight is 261 g/mol. The molecule has 0 bridgehead atoms. The topological polar surface area (TPSA) is 28.2 Å². The minimum absolute atomic E-state index is 0.400. The predicted octanol–water partition coefficient (Wildman–Crippen LogP) is 3.38. The van der Waals surface area contributed by atoms with Gasteiger partial charge in [0.1, 0.15) is 5.82 Å². The van der Waals surface area contributed by atoms with Gasteiger partial charge in [0.15, 0.2) is 0 Å². The minimum Gasteiger partial charge on any atom is -0.356 e. The van der Waals surface area contributed by atoms with E-state index in [1.54, 1.807) is 0 Å². The normalized spacial score (nSPS) is 19.7. The van der Waals surface area contributed by atoms with E-state index in [0.717, 1.165) is 25.5 Å². The standard InChI is InChI=1S/C16H27N3/c1-5-8-17-13(2)14-6-9-18-15(11-14)19-10-7-16(3,4)12-19/h6,9,11,13,17H,5,7-8,10,12H2,1-4H3. The van der Waals surface area contributed by atoms with Crippen LogP contribution < -0.4 is 10.2 Å². The van der Waals surface area contributed by atoms with Crippen LogP contribution in [0, 0.1) is 5.41 Å². The molecule has 106 valence electrons. The molecule has 3 nitrogen and oxygen atoms in total. The molecule has 1 N–H and O–H groups in total. The Morgan fingerprint density at radius 2 is 2.26 bits per heavy atom. The second-order valence-corrected chi connectivity index (χ2v) is 6.46. The van der Waals surface area contributed by atoms with E-state index in [1.807, 2.05) is 6.20 Å². The molecule has 1 aromatic heterocycles. The summed E-state index contributed by atoms with van der Waals surface area (Å²) < 4.78 is 0. The number of hydrogen-bond acceptors (Lipinski definition) is 3. The van der Waals surface area contributed by atoms with Gasteiger partial charge in [-0.05, 0) is 49.4 Å². The summed E-state index contributed by atoms with van der Waals surface area (Å²) in [5.74, 6) is 1.13. The van der Waals surface area contributed by atoms with E-state index < -0.39 is 0 Å². The zero-order valence-electron chi connectivity index (χ0n) is 12.7. The summed E-state index contributed by atoms with van der Waals surface area (Å²) in [4.78, 5) is 6.96. The van der Waals surface area contributed by atoms with Crippen molar-refractivity contribution in [3.63, 3.8) is 0 Å². The van der Waals surface area contributed by atoms with Crippen molar-refractivity contribution >= 4 is 5.82 Å². The van der Waals surface area contributed by atoms with Crippen molar-refractivity contribution in [3.05, 3.63) is 23.9 Å². The van der Waals surface area contributed by atoms with Crippen LogP contribution in [0.3, 0.4) is 0 Å². The fourth-order valence-electron chi connectivity index (χ4n) is 2.66. The maximum absolute atomic E-state index is 4.55. The fraction of sp³-hybridized carbons (Fsp3) is 0.688. The van der Waals surface area contributed by atoms with E-state index in [4.69, 9.17) is 0 Å². The van der Waals surface area contributed by atoms with Gasteiger partial charge in [0.25, 0.3) is 0 Å². The van der Waals surface area contributed by atoms with Gasteiger partial charge in [0.2, 0.25) is 0 Å². The highest BCUT2D eigenvalue weighted by Gasteiger charge is 2.29. The van der Waals surface area contributed by atoms with Crippen molar-refractivity contribution < 1.29 is 0 Å². The SMILES string of the molecule is CCCNC(C)c1ccnc(N2CCC(C)(C)C2)c1. The molecule has 19 heavy (non-hydrogen) atoms. The lowest BCUT2D eigenvalue weighted by Crippen LogP contribution is -2.24. The summed E-state index contributed by atoms with van der Waals surface area (Å²) in [6, 6.07) is 4.77. The first-order valence-corrected chi connectivity index (χ1v) is 7.46. The Labute approximate surface area is 117 Å². The van der Waals surface area contributed by atoms with E-state index in [1.165, 1.54) is 18.4 Å². The van der Waals surface area contributed by atoms with Crippen molar-refractivity contribution in [2.45, 2.75) is 46.6 Å². The number of aromatic nitrogens is 1. The number of nitrogens with one attached hydrogen (secondary N) is 1. The van der Waals surface area contributed by atoms with Crippen molar-refractivity contribution in [2.24, 2.45) is 5.41 Å². The van der Waals surface area contributed by atoms with Gasteiger partial charge >= 0.3 is 0 Å². The second kappa shape index (κ2) is 5.91. The minimum atomic E-state index is 0.400. The van der Waals surface area contributed by atoms with Gasteiger partial charge < -0.3 is 10.2 Å². The number of hydrogen-bond donors (Lipinski definition) is 1. The Morgan fingerprint density at radius 1 is 1.47 bits per heavy atom. The monoisotopic (exact) mass is 261 g/mol. The molecule has 0 aliphatic carbocycles. The number of nitrogens with zero attached hydrogens (tertiary/aromatic N) is 2. The van der Waals surface area contributed by atoms with Crippen LogP contribution in [0.4, 0.5) is 5.82 Å². The van der Waals surface area contributed by atoms with E-state index >= 15 is 0 Å². The summed E-state index contributed by atoms with van der Waals surface area (Å²) in [5.41, 5.74) is 1.76. The molecule has 0 aromatic carbocycles. The molecule has 0 saturated carbocycles. The lowest BCUT2D eigenvalue weighted by atomic mass is 9.93. The average Bonchev–Trinajstić information content (AvgIpc) is 2.76. The Balaban J connectivity index is 2.07. The first-order chi connectivity index (χ1) is 9.02. The molecule has 1 fully saturated rings. The van der Waals surface area contributed by atoms with Crippen LogP contribution in [0.5, 0.6) is 0 Å². The van der Waals surface area contributed by atoms with Crippen LogP contribution in [-0.2, 0) is 0 Å². The number of anilines is 1. The van der Waals surface area contributed by atoms with Crippen molar-refractivity contribution in [1.29, 1.82) is 0 Å². The summed E-state index contributed by atoms with van der Waals surface area (Å²) in [5, 5.41) is 3.54. The first-order valence-electron chi connectivity index (χ1n) is 7.46. The van der Waals surface area contributed by atoms with Gasteiger partial charge in [0.05, 0.1) is 0 Å². The van der Waals surface area contributed by atoms with Crippen molar-refractivity contribution in [1.82, 2.24) is 10.3 Å². The van der Waals surface area contributed by atoms with Gasteiger partial charge in [-0.3, -0.25) is 0 Å². The summed E-state index contributed by atoms with van der Waals surface area (Å²) >= 11 is 0. The van der Waals surface area contributed by atoms with Crippen LogP contribution in [0.1, 0.15) is 52.1 Å². The number of pyridine rings is 1. The molecule has 1 unspecified atom stereocenters. The highest BCUT2D eigenvalue weighted by Crippen LogP contribution is 2.32. The van der Waals surface area contributed by atoms with E-state index in [2.05, 4.69) is 55.0 Å². The Kier molecular flexibility index (Phi) is 4.46. The zero-order valence-corrected chi connectivity index (χ0v) is 12.7. The third kappa shape index (κ3) is 3.69. The van der Waals surface area contributed by atoms with Gasteiger partial charge in [-0.25, -0.2) is 4.98 Å². The van der Waals surface area contributed by atoms with Crippen molar-refractivity contribution in [3.8, 4) is 0 Å². The van der Waals surface area contributed by atoms with E-state index in [0.29, 0.717) is 11.5 Å². The number of rotatable bonds is 5. The second-order valence-electron chi connectivity index (χ2n) is 6.46. The molecule has 2 heterocycles. The van der Waals surface area contributed by atoms with Crippen LogP contribution in [0.15, 0.2) is 18.3 Å². The molecule has 3 heteroatoms. The molecule has 1 atom stereocenters. The summed E-state index contributed by atoms with van der Waals surface area (Å²) in [7, 11) is 0. The highest BCUT2D eigenvalue weighted by molar-refractivity contribution is 5.43. The largest absolute Gasteiger partial charge is 0.356 e. The molecule has 1 aliphatic rings. The molecular formula is C16H27N3. The van der Waals surface area contributed by atoms with Crippen LogP contribution in [-0.4, -0.2) is 24.6 Å². The smallest absolute Gasteiger partial charge is 0.128 e. The van der Waals surface area contributed by atoms with Gasteiger partial charge in [-0.15, -0.1) is 0 Å². The van der Waals surface area contributed by atoms with Crippen LogP contribution in [0.25, 0.3) is 0 Å². The molecule has 0 spiro atoms. The molecule has 1 saturated heterocycles. The van der Waals surface area contributed by atoms with Crippen molar-refractivity contribution in [2.75, 3.05) is 24.5 Å². The van der Waals surface area contributed by atoms with Gasteiger partial charge in [-0.1, -0.05) is 20.8 Å². The Morgan fingerprint density at radius 3 is 2.89 bits per heavy atom. The fourth-order valence-corrected chi connectivity index (χ4v) is 2.66. The quantitative estimate of drug-likeness (QED) is 0.880. The Bertz CT molecular complexity index is 414. The van der Waals surface area contributed by atoms with Crippen LogP contribution in [0.2, 0.25) is 0 Å². The Hall–Kier alpha value is -1.09. The third-order valence-electron chi connectivity index (χ3n) is 3.97. The zero-order chi connectivity index (χ0) is 13.9. The molecule has 1 aromatic rings. The summed E-state index contributed by atoms with van der Waals surface area (Å²) in [6.45, 7) is 12.4. The maximum Gasteiger partial charge on any atom is 0.128 e. The molecule has 1 aliphatic heterocycles. The van der Waals surface area contributed by atoms with Crippen LogP contribution >= 0.6 is 0 Å². The van der Waals surface area contributed by atoms with E-state index in [9.17, 15) is 0 Å². The first kappa shape index (κ1) is 14.3.